The molecule has 1 aromatic heterocycles. The fraction of sp³-hybridized carbons (Fsp3) is 0.375. The summed E-state index contributed by atoms with van der Waals surface area (Å²) in [6.45, 7) is 0.0336. The molecule has 0 saturated heterocycles. The molecule has 1 aromatic rings. The summed E-state index contributed by atoms with van der Waals surface area (Å²) in [7, 11) is -3.09. The van der Waals surface area contributed by atoms with Crippen molar-refractivity contribution in [1.82, 2.24) is 15.3 Å². The van der Waals surface area contributed by atoms with Crippen LogP contribution in [0.25, 0.3) is 0 Å². The van der Waals surface area contributed by atoms with Crippen LogP contribution in [0.1, 0.15) is 10.5 Å². The summed E-state index contributed by atoms with van der Waals surface area (Å²) < 4.78 is 21.6. The van der Waals surface area contributed by atoms with Crippen LogP contribution in [0.15, 0.2) is 12.4 Å². The fourth-order valence-electron chi connectivity index (χ4n) is 0.892. The van der Waals surface area contributed by atoms with Crippen LogP contribution in [-0.2, 0) is 9.84 Å². The molecule has 0 spiro atoms. The minimum absolute atomic E-state index is 0.0336. The van der Waals surface area contributed by atoms with E-state index in [1.807, 2.05) is 0 Å². The Kier molecular flexibility index (Phi) is 4.19. The van der Waals surface area contributed by atoms with E-state index in [4.69, 9.17) is 11.6 Å². The third-order valence-corrected chi connectivity index (χ3v) is 2.72. The Morgan fingerprint density at radius 2 is 2.19 bits per heavy atom. The molecule has 88 valence electrons. The molecule has 1 N–H and O–H groups in total. The second kappa shape index (κ2) is 5.22. The van der Waals surface area contributed by atoms with E-state index in [-0.39, 0.29) is 23.1 Å². The SMILES string of the molecule is CS(=O)(=O)CCNC(=O)c1cncc(Cl)n1. The van der Waals surface area contributed by atoms with Crippen LogP contribution in [0.2, 0.25) is 5.15 Å². The van der Waals surface area contributed by atoms with Crippen LogP contribution >= 0.6 is 11.6 Å². The van der Waals surface area contributed by atoms with Crippen molar-refractivity contribution >= 4 is 27.3 Å². The normalized spacial score (nSPS) is 11.1. The van der Waals surface area contributed by atoms with Crippen LogP contribution in [0, 0.1) is 0 Å². The molecule has 0 bridgehead atoms. The van der Waals surface area contributed by atoms with Gasteiger partial charge in [-0.3, -0.25) is 9.78 Å². The van der Waals surface area contributed by atoms with Crippen LogP contribution in [0.5, 0.6) is 0 Å². The van der Waals surface area contributed by atoms with E-state index in [0.29, 0.717) is 0 Å². The number of hydrogen-bond acceptors (Lipinski definition) is 5. The van der Waals surface area contributed by atoms with Crippen LogP contribution < -0.4 is 5.32 Å². The van der Waals surface area contributed by atoms with Gasteiger partial charge in [0.2, 0.25) is 0 Å². The number of rotatable bonds is 4. The Balaban J connectivity index is 2.54. The molecule has 8 heteroatoms. The van der Waals surface area contributed by atoms with Gasteiger partial charge < -0.3 is 5.32 Å². The lowest BCUT2D eigenvalue weighted by Crippen LogP contribution is -2.29. The van der Waals surface area contributed by atoms with E-state index < -0.39 is 15.7 Å². The Hall–Kier alpha value is -1.21. The lowest BCUT2D eigenvalue weighted by Gasteiger charge is -2.03. The topological polar surface area (TPSA) is 89.0 Å². The van der Waals surface area contributed by atoms with Crippen LogP contribution in [-0.4, -0.2) is 42.8 Å². The van der Waals surface area contributed by atoms with Crippen LogP contribution in [0.3, 0.4) is 0 Å². The maximum absolute atomic E-state index is 11.4. The molecule has 0 aliphatic rings. The van der Waals surface area contributed by atoms with E-state index in [0.717, 1.165) is 6.26 Å². The van der Waals surface area contributed by atoms with Crippen LogP contribution in [0.4, 0.5) is 0 Å². The summed E-state index contributed by atoms with van der Waals surface area (Å²) >= 11 is 5.55. The molecule has 0 fully saturated rings. The molecule has 0 unspecified atom stereocenters. The number of aromatic nitrogens is 2. The Labute approximate surface area is 98.0 Å². The van der Waals surface area contributed by atoms with Gasteiger partial charge in [-0.15, -0.1) is 0 Å². The van der Waals surface area contributed by atoms with Crippen molar-refractivity contribution in [3.63, 3.8) is 0 Å². The van der Waals surface area contributed by atoms with Crippen molar-refractivity contribution < 1.29 is 13.2 Å². The minimum atomic E-state index is -3.09. The predicted molar refractivity (Wildman–Crippen MR) is 59.1 cm³/mol. The zero-order valence-corrected chi connectivity index (χ0v) is 10.0. The molecule has 1 rings (SSSR count). The second-order valence-electron chi connectivity index (χ2n) is 3.11. The standard InChI is InChI=1S/C8H10ClN3O3S/c1-16(14,15)3-2-11-8(13)6-4-10-5-7(9)12-6/h4-5H,2-3H2,1H3,(H,11,13). The Bertz CT molecular complexity index is 489. The highest BCUT2D eigenvalue weighted by Crippen LogP contribution is 2.01. The molecule has 0 aliphatic heterocycles. The van der Waals surface area contributed by atoms with Gasteiger partial charge in [0.15, 0.2) is 0 Å². The number of sulfone groups is 1. The summed E-state index contributed by atoms with van der Waals surface area (Å²) in [4.78, 5) is 18.8. The van der Waals surface area contributed by atoms with Gasteiger partial charge in [0.05, 0.1) is 18.1 Å². The Morgan fingerprint density at radius 1 is 1.50 bits per heavy atom. The summed E-state index contributed by atoms with van der Waals surface area (Å²) in [5, 5.41) is 2.51. The smallest absolute Gasteiger partial charge is 0.271 e. The Morgan fingerprint density at radius 3 is 2.75 bits per heavy atom. The van der Waals surface area contributed by atoms with Gasteiger partial charge in [-0.05, 0) is 0 Å². The second-order valence-corrected chi connectivity index (χ2v) is 5.76. The number of amides is 1. The first-order valence-corrected chi connectivity index (χ1v) is 6.76. The average Bonchev–Trinajstić information content (AvgIpc) is 2.15. The van der Waals surface area contributed by atoms with E-state index in [2.05, 4.69) is 15.3 Å². The summed E-state index contributed by atoms with van der Waals surface area (Å²) in [6.07, 6.45) is 3.65. The highest BCUT2D eigenvalue weighted by atomic mass is 35.5. The number of carbonyl (C=O) groups excluding carboxylic acids is 1. The molecule has 0 saturated carbocycles. The van der Waals surface area contributed by atoms with Gasteiger partial charge in [-0.25, -0.2) is 13.4 Å². The van der Waals surface area contributed by atoms with Crippen molar-refractivity contribution in [3.8, 4) is 0 Å². The molecular formula is C8H10ClN3O3S. The number of hydrogen-bond donors (Lipinski definition) is 1. The largest absolute Gasteiger partial charge is 0.350 e. The molecule has 6 nitrogen and oxygen atoms in total. The number of nitrogens with zero attached hydrogens (tertiary/aromatic N) is 2. The summed E-state index contributed by atoms with van der Waals surface area (Å²) in [5.41, 5.74) is 0.0565. The van der Waals surface area contributed by atoms with Gasteiger partial charge in [0.25, 0.3) is 5.91 Å². The van der Waals surface area contributed by atoms with Gasteiger partial charge >= 0.3 is 0 Å². The molecule has 16 heavy (non-hydrogen) atoms. The zero-order valence-electron chi connectivity index (χ0n) is 8.47. The van der Waals surface area contributed by atoms with E-state index in [1.165, 1.54) is 12.4 Å². The summed E-state index contributed by atoms with van der Waals surface area (Å²) in [5.74, 6) is -0.620. The first-order valence-electron chi connectivity index (χ1n) is 4.32. The third-order valence-electron chi connectivity index (χ3n) is 1.60. The first kappa shape index (κ1) is 12.9. The van der Waals surface area contributed by atoms with Gasteiger partial charge in [0, 0.05) is 12.8 Å². The van der Waals surface area contributed by atoms with Gasteiger partial charge in [-0.1, -0.05) is 11.6 Å². The minimum Gasteiger partial charge on any atom is -0.350 e. The molecule has 0 aromatic carbocycles. The van der Waals surface area contributed by atoms with Crippen molar-refractivity contribution in [2.45, 2.75) is 0 Å². The number of carbonyl (C=O) groups is 1. The lowest BCUT2D eigenvalue weighted by molar-refractivity contribution is 0.0951. The number of nitrogens with one attached hydrogen (secondary N) is 1. The maximum atomic E-state index is 11.4. The molecule has 0 radical (unpaired) electrons. The predicted octanol–water partition coefficient (Wildman–Crippen LogP) is -0.0956. The van der Waals surface area contributed by atoms with Gasteiger partial charge in [-0.2, -0.15) is 0 Å². The zero-order chi connectivity index (χ0) is 12.2. The molecule has 1 heterocycles. The van der Waals surface area contributed by atoms with E-state index in [9.17, 15) is 13.2 Å². The first-order chi connectivity index (χ1) is 7.38. The fourth-order valence-corrected chi connectivity index (χ4v) is 1.51. The summed E-state index contributed by atoms with van der Waals surface area (Å²) in [6, 6.07) is 0. The maximum Gasteiger partial charge on any atom is 0.271 e. The van der Waals surface area contributed by atoms with E-state index in [1.54, 1.807) is 0 Å². The van der Waals surface area contributed by atoms with Crippen molar-refractivity contribution in [3.05, 3.63) is 23.2 Å². The molecule has 0 atom stereocenters. The monoisotopic (exact) mass is 263 g/mol. The molecule has 0 aliphatic carbocycles. The highest BCUT2D eigenvalue weighted by Gasteiger charge is 2.09. The highest BCUT2D eigenvalue weighted by molar-refractivity contribution is 7.90. The number of halogens is 1. The quantitative estimate of drug-likeness (QED) is 0.820. The molecular weight excluding hydrogens is 254 g/mol. The van der Waals surface area contributed by atoms with Crippen molar-refractivity contribution in [1.29, 1.82) is 0 Å². The van der Waals surface area contributed by atoms with E-state index >= 15 is 0 Å². The lowest BCUT2D eigenvalue weighted by atomic mass is 10.4. The average molecular weight is 264 g/mol. The van der Waals surface area contributed by atoms with Gasteiger partial charge in [0.1, 0.15) is 20.7 Å². The van der Waals surface area contributed by atoms with Crippen molar-refractivity contribution in [2.24, 2.45) is 0 Å². The van der Waals surface area contributed by atoms with Crippen molar-refractivity contribution in [2.75, 3.05) is 18.6 Å². The third kappa shape index (κ3) is 4.54. The molecule has 1 amide bonds.